The van der Waals surface area contributed by atoms with Crippen molar-refractivity contribution < 1.29 is 21.9 Å². The van der Waals surface area contributed by atoms with E-state index in [9.17, 15) is 17.2 Å². The highest BCUT2D eigenvalue weighted by Crippen LogP contribution is 2.24. The predicted octanol–water partition coefficient (Wildman–Crippen LogP) is 3.08. The second kappa shape index (κ2) is 5.69. The molecule has 2 rings (SSSR count). The van der Waals surface area contributed by atoms with E-state index < -0.39 is 21.7 Å². The lowest BCUT2D eigenvalue weighted by molar-refractivity contribution is 0.414. The van der Waals surface area contributed by atoms with E-state index in [-0.39, 0.29) is 10.6 Å². The number of hydrogen-bond acceptors (Lipinski definition) is 3. The summed E-state index contributed by atoms with van der Waals surface area (Å²) in [6.45, 7) is 1.60. The molecule has 0 aliphatic carbocycles. The first-order valence-corrected chi connectivity index (χ1v) is 7.44. The molecular weight excluding hydrogens is 300 g/mol. The summed E-state index contributed by atoms with van der Waals surface area (Å²) < 4.78 is 57.9. The van der Waals surface area contributed by atoms with Gasteiger partial charge in [-0.1, -0.05) is 0 Å². The van der Waals surface area contributed by atoms with Gasteiger partial charge in [-0.2, -0.15) is 0 Å². The summed E-state index contributed by atoms with van der Waals surface area (Å²) in [5, 5.41) is 0. The Morgan fingerprint density at radius 2 is 1.81 bits per heavy atom. The van der Waals surface area contributed by atoms with Crippen molar-refractivity contribution in [3.8, 4) is 5.75 Å². The van der Waals surface area contributed by atoms with Crippen LogP contribution in [0.25, 0.3) is 0 Å². The third-order valence-corrected chi connectivity index (χ3v) is 4.37. The summed E-state index contributed by atoms with van der Waals surface area (Å²) in [4.78, 5) is -0.00738. The van der Waals surface area contributed by atoms with Crippen molar-refractivity contribution in [1.29, 1.82) is 0 Å². The third-order valence-electron chi connectivity index (χ3n) is 2.85. The molecule has 0 heterocycles. The minimum Gasteiger partial charge on any atom is -0.497 e. The van der Waals surface area contributed by atoms with E-state index in [0.717, 1.165) is 12.1 Å². The molecule has 0 spiro atoms. The molecule has 0 amide bonds. The molecule has 0 fully saturated rings. The molecule has 0 aromatic heterocycles. The maximum absolute atomic E-state index is 13.5. The Morgan fingerprint density at radius 1 is 1.10 bits per heavy atom. The molecule has 4 nitrogen and oxygen atoms in total. The van der Waals surface area contributed by atoms with Gasteiger partial charge in [-0.05, 0) is 42.8 Å². The molecule has 0 aliphatic rings. The Balaban J connectivity index is 2.38. The number of hydrogen-bond donors (Lipinski definition) is 1. The van der Waals surface area contributed by atoms with Gasteiger partial charge in [0.25, 0.3) is 10.0 Å². The SMILES string of the molecule is COc1ccc(S(=O)(=O)Nc2ccc(F)cc2F)c(C)c1. The largest absolute Gasteiger partial charge is 0.497 e. The number of nitrogens with one attached hydrogen (secondary N) is 1. The Bertz CT molecular complexity index is 776. The van der Waals surface area contributed by atoms with Crippen LogP contribution in [0.1, 0.15) is 5.56 Å². The van der Waals surface area contributed by atoms with Crippen LogP contribution in [0.5, 0.6) is 5.75 Å². The highest BCUT2D eigenvalue weighted by Gasteiger charge is 2.19. The monoisotopic (exact) mass is 313 g/mol. The smallest absolute Gasteiger partial charge is 0.262 e. The average Bonchev–Trinajstić information content (AvgIpc) is 2.41. The van der Waals surface area contributed by atoms with Gasteiger partial charge in [0.1, 0.15) is 17.4 Å². The normalized spacial score (nSPS) is 11.2. The Morgan fingerprint density at radius 3 is 2.38 bits per heavy atom. The zero-order chi connectivity index (χ0) is 15.6. The quantitative estimate of drug-likeness (QED) is 0.944. The zero-order valence-corrected chi connectivity index (χ0v) is 12.2. The van der Waals surface area contributed by atoms with Gasteiger partial charge in [0.2, 0.25) is 0 Å². The molecule has 0 bridgehead atoms. The van der Waals surface area contributed by atoms with E-state index >= 15 is 0 Å². The summed E-state index contributed by atoms with van der Waals surface area (Å²) in [5.41, 5.74) is 0.135. The van der Waals surface area contributed by atoms with Crippen LogP contribution in [0.4, 0.5) is 14.5 Å². The number of methoxy groups -OCH3 is 1. The van der Waals surface area contributed by atoms with E-state index in [2.05, 4.69) is 4.72 Å². The number of rotatable bonds is 4. The molecule has 2 aromatic rings. The molecule has 0 unspecified atom stereocenters. The van der Waals surface area contributed by atoms with Crippen molar-refractivity contribution in [1.82, 2.24) is 0 Å². The summed E-state index contributed by atoms with van der Waals surface area (Å²) >= 11 is 0. The molecule has 1 N–H and O–H groups in total. The van der Waals surface area contributed by atoms with Crippen LogP contribution < -0.4 is 9.46 Å². The first-order chi connectivity index (χ1) is 9.83. The summed E-state index contributed by atoms with van der Waals surface area (Å²) in [6.07, 6.45) is 0. The standard InChI is InChI=1S/C14H13F2NO3S/c1-9-7-11(20-2)4-6-14(9)21(18,19)17-13-5-3-10(15)8-12(13)16/h3-8,17H,1-2H3. The summed E-state index contributed by atoms with van der Waals surface area (Å²) in [6, 6.07) is 7.01. The summed E-state index contributed by atoms with van der Waals surface area (Å²) in [7, 11) is -2.50. The van der Waals surface area contributed by atoms with Gasteiger partial charge >= 0.3 is 0 Å². The fourth-order valence-electron chi connectivity index (χ4n) is 1.82. The number of sulfonamides is 1. The third kappa shape index (κ3) is 3.30. The van der Waals surface area contributed by atoms with Crippen LogP contribution in [0, 0.1) is 18.6 Å². The number of ether oxygens (including phenoxy) is 1. The predicted molar refractivity (Wildman–Crippen MR) is 74.9 cm³/mol. The first kappa shape index (κ1) is 15.2. The summed E-state index contributed by atoms with van der Waals surface area (Å²) in [5.74, 6) is -1.25. The van der Waals surface area contributed by atoms with Gasteiger partial charge < -0.3 is 4.74 Å². The minimum absolute atomic E-state index is 0.00738. The highest BCUT2D eigenvalue weighted by atomic mass is 32.2. The number of anilines is 1. The molecule has 21 heavy (non-hydrogen) atoms. The average molecular weight is 313 g/mol. The van der Waals surface area contributed by atoms with Gasteiger partial charge in [0.05, 0.1) is 17.7 Å². The lowest BCUT2D eigenvalue weighted by atomic mass is 10.2. The van der Waals surface area contributed by atoms with Crippen LogP contribution in [0.2, 0.25) is 0 Å². The molecule has 2 aromatic carbocycles. The van der Waals surface area contributed by atoms with Crippen LogP contribution in [0.3, 0.4) is 0 Å². The fraction of sp³-hybridized carbons (Fsp3) is 0.143. The molecule has 0 saturated heterocycles. The molecule has 0 saturated carbocycles. The van der Waals surface area contributed by atoms with Gasteiger partial charge in [0.15, 0.2) is 0 Å². The van der Waals surface area contributed by atoms with Crippen molar-refractivity contribution >= 4 is 15.7 Å². The lowest BCUT2D eigenvalue weighted by Gasteiger charge is -2.12. The van der Waals surface area contributed by atoms with Gasteiger partial charge in [0, 0.05) is 6.07 Å². The Hall–Kier alpha value is -2.15. The van der Waals surface area contributed by atoms with E-state index in [1.54, 1.807) is 13.0 Å². The molecule has 0 atom stereocenters. The van der Waals surface area contributed by atoms with E-state index in [0.29, 0.717) is 17.4 Å². The van der Waals surface area contributed by atoms with E-state index in [4.69, 9.17) is 4.74 Å². The van der Waals surface area contributed by atoms with Crippen LogP contribution in [0.15, 0.2) is 41.3 Å². The van der Waals surface area contributed by atoms with Crippen molar-refractivity contribution in [2.45, 2.75) is 11.8 Å². The lowest BCUT2D eigenvalue weighted by Crippen LogP contribution is -2.15. The second-order valence-electron chi connectivity index (χ2n) is 4.36. The van der Waals surface area contributed by atoms with Gasteiger partial charge in [-0.15, -0.1) is 0 Å². The van der Waals surface area contributed by atoms with Crippen LogP contribution in [-0.4, -0.2) is 15.5 Å². The first-order valence-electron chi connectivity index (χ1n) is 5.96. The number of aryl methyl sites for hydroxylation is 1. The zero-order valence-electron chi connectivity index (χ0n) is 11.4. The maximum atomic E-state index is 13.5. The molecule has 0 aliphatic heterocycles. The fourth-order valence-corrected chi connectivity index (χ4v) is 3.12. The molecular formula is C14H13F2NO3S. The highest BCUT2D eigenvalue weighted by molar-refractivity contribution is 7.92. The van der Waals surface area contributed by atoms with E-state index in [1.165, 1.54) is 19.2 Å². The second-order valence-corrected chi connectivity index (χ2v) is 6.01. The van der Waals surface area contributed by atoms with Crippen molar-refractivity contribution in [2.24, 2.45) is 0 Å². The maximum Gasteiger partial charge on any atom is 0.262 e. The van der Waals surface area contributed by atoms with Gasteiger partial charge in [-0.3, -0.25) is 4.72 Å². The topological polar surface area (TPSA) is 55.4 Å². The van der Waals surface area contributed by atoms with Crippen molar-refractivity contribution in [3.63, 3.8) is 0 Å². The van der Waals surface area contributed by atoms with Crippen molar-refractivity contribution in [2.75, 3.05) is 11.8 Å². The Kier molecular flexibility index (Phi) is 4.13. The molecule has 0 radical (unpaired) electrons. The van der Waals surface area contributed by atoms with Crippen LogP contribution in [-0.2, 0) is 10.0 Å². The Labute approximate surface area is 121 Å². The van der Waals surface area contributed by atoms with Crippen LogP contribution >= 0.6 is 0 Å². The minimum atomic E-state index is -3.97. The molecule has 112 valence electrons. The van der Waals surface area contributed by atoms with E-state index in [1.807, 2.05) is 0 Å². The van der Waals surface area contributed by atoms with Gasteiger partial charge in [-0.25, -0.2) is 17.2 Å². The molecule has 7 heteroatoms. The number of halogens is 2. The number of benzene rings is 2. The van der Waals surface area contributed by atoms with Crippen molar-refractivity contribution in [3.05, 3.63) is 53.6 Å².